The molecule has 1 amide bonds. The van der Waals surface area contributed by atoms with Gasteiger partial charge in [0.15, 0.2) is 0 Å². The zero-order chi connectivity index (χ0) is 12.4. The minimum absolute atomic E-state index is 0.102. The summed E-state index contributed by atoms with van der Waals surface area (Å²) in [4.78, 5) is 13.2. The van der Waals surface area contributed by atoms with Crippen LogP contribution in [0.4, 0.5) is 0 Å². The van der Waals surface area contributed by atoms with Crippen molar-refractivity contribution in [3.05, 3.63) is 33.3 Å². The summed E-state index contributed by atoms with van der Waals surface area (Å²) >= 11 is 5.54. The first-order chi connectivity index (χ1) is 8.08. The molecule has 1 N–H and O–H groups in total. The van der Waals surface area contributed by atoms with E-state index >= 15 is 0 Å². The molecule has 2 heterocycles. The zero-order valence-electron chi connectivity index (χ0n) is 9.48. The van der Waals surface area contributed by atoms with E-state index in [-0.39, 0.29) is 5.91 Å². The Morgan fingerprint density at radius 3 is 2.88 bits per heavy atom. The number of thiol groups is 1. The van der Waals surface area contributed by atoms with E-state index in [9.17, 15) is 4.79 Å². The number of hydrogen-bond donors (Lipinski definition) is 2. The average molecular weight is 268 g/mol. The molecule has 0 aromatic carbocycles. The number of nitrogens with one attached hydrogen (secondary N) is 1. The largest absolute Gasteiger partial charge is 0.361 e. The van der Waals surface area contributed by atoms with Crippen molar-refractivity contribution in [3.63, 3.8) is 0 Å². The Kier molecular flexibility index (Phi) is 3.54. The maximum Gasteiger partial charge on any atom is 0.261 e. The molecule has 0 saturated heterocycles. The summed E-state index contributed by atoms with van der Waals surface area (Å²) in [6.07, 6.45) is 0. The van der Waals surface area contributed by atoms with Crippen molar-refractivity contribution in [3.8, 4) is 0 Å². The Morgan fingerprint density at radius 2 is 2.35 bits per heavy atom. The van der Waals surface area contributed by atoms with Gasteiger partial charge in [-0.15, -0.1) is 24.0 Å². The van der Waals surface area contributed by atoms with E-state index < -0.39 is 0 Å². The number of aryl methyl sites for hydroxylation is 2. The van der Waals surface area contributed by atoms with Crippen LogP contribution in [-0.4, -0.2) is 11.1 Å². The summed E-state index contributed by atoms with van der Waals surface area (Å²) in [6, 6.07) is 1.75. The number of carbonyl (C=O) groups excluding carboxylic acids is 1. The van der Waals surface area contributed by atoms with Gasteiger partial charge in [-0.2, -0.15) is 0 Å². The van der Waals surface area contributed by atoms with E-state index in [0.29, 0.717) is 11.4 Å². The Hall–Kier alpha value is -1.27. The molecular formula is C11H12N2O2S2. The van der Waals surface area contributed by atoms with E-state index in [1.807, 2.05) is 19.2 Å². The maximum absolute atomic E-state index is 11.8. The summed E-state index contributed by atoms with van der Waals surface area (Å²) < 4.78 is 5.03. The first-order valence-electron chi connectivity index (χ1n) is 5.05. The molecule has 0 saturated carbocycles. The normalized spacial score (nSPS) is 10.5. The molecule has 0 bridgehead atoms. The van der Waals surface area contributed by atoms with Gasteiger partial charge in [-0.3, -0.25) is 4.79 Å². The van der Waals surface area contributed by atoms with Gasteiger partial charge in [-0.25, -0.2) is 0 Å². The molecule has 4 nitrogen and oxygen atoms in total. The van der Waals surface area contributed by atoms with Crippen molar-refractivity contribution in [2.75, 3.05) is 0 Å². The standard InChI is InChI=1S/C11H12N2O2S2/c1-6-9(7(2)15-13-6)4-12-11(14)10-3-8(16)5-17-10/h3,5,16H,4H2,1-2H3,(H,12,14). The Morgan fingerprint density at radius 1 is 1.59 bits per heavy atom. The Balaban J connectivity index is 2.02. The molecular weight excluding hydrogens is 256 g/mol. The molecule has 90 valence electrons. The number of nitrogens with zero attached hydrogens (tertiary/aromatic N) is 1. The van der Waals surface area contributed by atoms with Gasteiger partial charge in [0.1, 0.15) is 5.76 Å². The van der Waals surface area contributed by atoms with Crippen molar-refractivity contribution >= 4 is 29.9 Å². The van der Waals surface area contributed by atoms with Crippen molar-refractivity contribution in [2.45, 2.75) is 25.3 Å². The van der Waals surface area contributed by atoms with E-state index in [1.54, 1.807) is 6.07 Å². The van der Waals surface area contributed by atoms with Crippen molar-refractivity contribution < 1.29 is 9.32 Å². The first kappa shape index (κ1) is 12.2. The molecule has 0 unspecified atom stereocenters. The van der Waals surface area contributed by atoms with Crippen LogP contribution in [-0.2, 0) is 6.54 Å². The quantitative estimate of drug-likeness (QED) is 0.841. The van der Waals surface area contributed by atoms with Gasteiger partial charge in [0, 0.05) is 22.4 Å². The highest BCUT2D eigenvalue weighted by Crippen LogP contribution is 2.18. The molecule has 17 heavy (non-hydrogen) atoms. The third-order valence-corrected chi connectivity index (χ3v) is 3.78. The van der Waals surface area contributed by atoms with Crippen molar-refractivity contribution in [1.82, 2.24) is 10.5 Å². The lowest BCUT2D eigenvalue weighted by Gasteiger charge is -2.02. The number of carbonyl (C=O) groups is 1. The van der Waals surface area contributed by atoms with Crippen LogP contribution in [0.2, 0.25) is 0 Å². The number of rotatable bonds is 3. The minimum Gasteiger partial charge on any atom is -0.361 e. The molecule has 2 aromatic rings. The van der Waals surface area contributed by atoms with E-state index in [4.69, 9.17) is 4.52 Å². The van der Waals surface area contributed by atoms with Crippen LogP contribution in [0.15, 0.2) is 20.9 Å². The average Bonchev–Trinajstić information content (AvgIpc) is 2.84. The second-order valence-corrected chi connectivity index (χ2v) is 5.08. The molecule has 0 aliphatic rings. The number of amides is 1. The van der Waals surface area contributed by atoms with Crippen LogP contribution in [0.5, 0.6) is 0 Å². The van der Waals surface area contributed by atoms with Crippen LogP contribution in [0.3, 0.4) is 0 Å². The molecule has 0 aliphatic carbocycles. The third-order valence-electron chi connectivity index (χ3n) is 2.42. The SMILES string of the molecule is Cc1noc(C)c1CNC(=O)c1cc(S)cs1. The van der Waals surface area contributed by atoms with Gasteiger partial charge in [0.25, 0.3) is 5.91 Å². The van der Waals surface area contributed by atoms with E-state index in [0.717, 1.165) is 21.9 Å². The molecule has 0 radical (unpaired) electrons. The molecule has 2 aromatic heterocycles. The van der Waals surface area contributed by atoms with Gasteiger partial charge in [0.05, 0.1) is 10.6 Å². The van der Waals surface area contributed by atoms with Crippen LogP contribution in [0.25, 0.3) is 0 Å². The fourth-order valence-corrected chi connectivity index (χ4v) is 2.52. The predicted octanol–water partition coefficient (Wildman–Crippen LogP) is 2.57. The number of aromatic nitrogens is 1. The highest BCUT2D eigenvalue weighted by molar-refractivity contribution is 7.80. The second kappa shape index (κ2) is 4.93. The van der Waals surface area contributed by atoms with Gasteiger partial charge >= 0.3 is 0 Å². The summed E-state index contributed by atoms with van der Waals surface area (Å²) in [7, 11) is 0. The lowest BCUT2D eigenvalue weighted by Crippen LogP contribution is -2.22. The van der Waals surface area contributed by atoms with Crippen LogP contribution in [0.1, 0.15) is 26.7 Å². The summed E-state index contributed by atoms with van der Waals surface area (Å²) in [5.74, 6) is 0.638. The topological polar surface area (TPSA) is 55.1 Å². The Labute approximate surface area is 108 Å². The molecule has 0 fully saturated rings. The fraction of sp³-hybridized carbons (Fsp3) is 0.273. The van der Waals surface area contributed by atoms with Gasteiger partial charge in [-0.05, 0) is 19.9 Å². The molecule has 2 rings (SSSR count). The van der Waals surface area contributed by atoms with Crippen LogP contribution >= 0.6 is 24.0 Å². The third kappa shape index (κ3) is 2.70. The predicted molar refractivity (Wildman–Crippen MR) is 68.7 cm³/mol. The minimum atomic E-state index is -0.102. The summed E-state index contributed by atoms with van der Waals surface area (Å²) in [6.45, 7) is 4.12. The zero-order valence-corrected chi connectivity index (χ0v) is 11.2. The van der Waals surface area contributed by atoms with E-state index in [2.05, 4.69) is 23.1 Å². The maximum atomic E-state index is 11.8. The van der Waals surface area contributed by atoms with E-state index in [1.165, 1.54) is 11.3 Å². The highest BCUT2D eigenvalue weighted by Gasteiger charge is 2.12. The lowest BCUT2D eigenvalue weighted by atomic mass is 10.2. The molecule has 0 spiro atoms. The van der Waals surface area contributed by atoms with Gasteiger partial charge in [0.2, 0.25) is 0 Å². The molecule has 0 aliphatic heterocycles. The highest BCUT2D eigenvalue weighted by atomic mass is 32.1. The molecule has 6 heteroatoms. The number of hydrogen-bond acceptors (Lipinski definition) is 5. The fourth-order valence-electron chi connectivity index (χ4n) is 1.46. The molecule has 0 atom stereocenters. The monoisotopic (exact) mass is 268 g/mol. The smallest absolute Gasteiger partial charge is 0.261 e. The summed E-state index contributed by atoms with van der Waals surface area (Å²) in [5.41, 5.74) is 1.74. The van der Waals surface area contributed by atoms with Crippen molar-refractivity contribution in [1.29, 1.82) is 0 Å². The van der Waals surface area contributed by atoms with Crippen LogP contribution < -0.4 is 5.32 Å². The second-order valence-electron chi connectivity index (χ2n) is 3.65. The van der Waals surface area contributed by atoms with Gasteiger partial charge < -0.3 is 9.84 Å². The number of thiophene rings is 1. The Bertz CT molecular complexity index is 526. The first-order valence-corrected chi connectivity index (χ1v) is 6.38. The van der Waals surface area contributed by atoms with Crippen LogP contribution in [0, 0.1) is 13.8 Å². The lowest BCUT2D eigenvalue weighted by molar-refractivity contribution is 0.0954. The van der Waals surface area contributed by atoms with Crippen molar-refractivity contribution in [2.24, 2.45) is 0 Å². The summed E-state index contributed by atoms with van der Waals surface area (Å²) in [5, 5.41) is 8.50. The van der Waals surface area contributed by atoms with Gasteiger partial charge in [-0.1, -0.05) is 5.16 Å².